The van der Waals surface area contributed by atoms with Crippen LogP contribution < -0.4 is 11.1 Å². The lowest BCUT2D eigenvalue weighted by Gasteiger charge is -2.05. The van der Waals surface area contributed by atoms with Crippen molar-refractivity contribution >= 4 is 50.1 Å². The molecule has 0 radical (unpaired) electrons. The molecule has 0 atom stereocenters. The number of nitrogens with one attached hydrogen (secondary N) is 1. The molecule has 0 aliphatic rings. The summed E-state index contributed by atoms with van der Waals surface area (Å²) < 4.78 is 0.807. The van der Waals surface area contributed by atoms with Crippen LogP contribution in [0, 0.1) is 0 Å². The lowest BCUT2D eigenvalue weighted by Crippen LogP contribution is -2.13. The zero-order chi connectivity index (χ0) is 15.8. The largest absolute Gasteiger partial charge is 0.368 e. The van der Waals surface area contributed by atoms with Crippen molar-refractivity contribution in [3.05, 3.63) is 47.7 Å². The number of nitrogen functional groups attached to an aromatic ring is 1. The van der Waals surface area contributed by atoms with Gasteiger partial charge in [-0.3, -0.25) is 9.78 Å². The Morgan fingerprint density at radius 1 is 1.17 bits per heavy atom. The monoisotopic (exact) mass is 322 g/mol. The molecule has 112 valence electrons. The summed E-state index contributed by atoms with van der Waals surface area (Å²) in [5.41, 5.74) is 7.36. The van der Waals surface area contributed by atoms with Crippen LogP contribution in [-0.2, 0) is 0 Å². The van der Waals surface area contributed by atoms with E-state index in [1.807, 2.05) is 6.07 Å². The molecule has 1 amide bonds. The second kappa shape index (κ2) is 5.25. The Balaban J connectivity index is 1.69. The highest BCUT2D eigenvalue weighted by Gasteiger charge is 2.15. The first-order valence-corrected chi connectivity index (χ1v) is 7.60. The number of rotatable bonds is 2. The van der Waals surface area contributed by atoms with Crippen LogP contribution in [0.1, 0.15) is 10.4 Å². The number of nitrogens with zero attached hydrogens (tertiary/aromatic N) is 4. The number of nitrogens with two attached hydrogens (primary N) is 1. The molecule has 0 aliphatic heterocycles. The molecule has 8 heteroatoms. The Labute approximate surface area is 134 Å². The van der Waals surface area contributed by atoms with Crippen LogP contribution in [0.3, 0.4) is 0 Å². The predicted octanol–water partition coefficient (Wildman–Crippen LogP) is 2.47. The predicted molar refractivity (Wildman–Crippen MR) is 89.3 cm³/mol. The molecular weight excluding hydrogens is 312 g/mol. The fourth-order valence-electron chi connectivity index (χ4n) is 2.22. The molecule has 0 fully saturated rings. The Kier molecular flexibility index (Phi) is 3.09. The number of thiophene rings is 1. The Hall–Kier alpha value is -3.13. The van der Waals surface area contributed by atoms with Gasteiger partial charge in [0, 0.05) is 23.2 Å². The van der Waals surface area contributed by atoms with Gasteiger partial charge in [0.05, 0.1) is 27.5 Å². The molecule has 0 unspecified atom stereocenters. The van der Waals surface area contributed by atoms with Gasteiger partial charge in [-0.2, -0.15) is 0 Å². The Bertz CT molecular complexity index is 1040. The van der Waals surface area contributed by atoms with Crippen LogP contribution >= 0.6 is 11.3 Å². The molecule has 0 spiro atoms. The van der Waals surface area contributed by atoms with Gasteiger partial charge in [-0.05, 0) is 18.2 Å². The third-order valence-electron chi connectivity index (χ3n) is 3.31. The van der Waals surface area contributed by atoms with E-state index in [1.165, 1.54) is 11.3 Å². The minimum absolute atomic E-state index is 0.140. The summed E-state index contributed by atoms with van der Waals surface area (Å²) >= 11 is 1.39. The van der Waals surface area contributed by atoms with E-state index in [1.54, 1.807) is 36.1 Å². The number of hydrogen-bond donors (Lipinski definition) is 2. The minimum atomic E-state index is -0.282. The van der Waals surface area contributed by atoms with Crippen molar-refractivity contribution < 1.29 is 4.79 Å². The Morgan fingerprint density at radius 2 is 2.09 bits per heavy atom. The number of carbonyl (C=O) groups is 1. The maximum absolute atomic E-state index is 12.5. The number of aromatic nitrogens is 4. The summed E-state index contributed by atoms with van der Waals surface area (Å²) in [5.74, 6) is 0.326. The summed E-state index contributed by atoms with van der Waals surface area (Å²) in [6.07, 6.45) is 4.99. The van der Waals surface area contributed by atoms with Crippen LogP contribution in [0.25, 0.3) is 21.1 Å². The molecule has 3 N–H and O–H groups in total. The quantitative estimate of drug-likeness (QED) is 0.587. The van der Waals surface area contributed by atoms with Crippen LogP contribution in [0.5, 0.6) is 0 Å². The molecule has 0 saturated carbocycles. The highest BCUT2D eigenvalue weighted by molar-refractivity contribution is 7.17. The summed E-state index contributed by atoms with van der Waals surface area (Å²) in [6.45, 7) is 0. The van der Waals surface area contributed by atoms with E-state index in [-0.39, 0.29) is 11.9 Å². The molecule has 4 aromatic rings. The normalized spacial score (nSPS) is 11.0. The number of amides is 1. The van der Waals surface area contributed by atoms with Crippen LogP contribution in [-0.4, -0.2) is 25.8 Å². The third-order valence-corrected chi connectivity index (χ3v) is 4.21. The summed E-state index contributed by atoms with van der Waals surface area (Å²) in [5, 5.41) is 5.43. The first-order valence-electron chi connectivity index (χ1n) is 6.72. The maximum atomic E-state index is 12.5. The van der Waals surface area contributed by atoms with Gasteiger partial charge in [-0.25, -0.2) is 15.0 Å². The lowest BCUT2D eigenvalue weighted by atomic mass is 10.2. The zero-order valence-electron chi connectivity index (χ0n) is 11.7. The van der Waals surface area contributed by atoms with Crippen LogP contribution in [0.4, 0.5) is 11.8 Å². The molecular formula is C15H10N6OS. The van der Waals surface area contributed by atoms with E-state index in [4.69, 9.17) is 5.73 Å². The first kappa shape index (κ1) is 13.5. The van der Waals surface area contributed by atoms with Crippen molar-refractivity contribution in [2.75, 3.05) is 11.1 Å². The average molecular weight is 322 g/mol. The third kappa shape index (κ3) is 2.44. The van der Waals surface area contributed by atoms with Crippen molar-refractivity contribution in [2.24, 2.45) is 0 Å². The van der Waals surface area contributed by atoms with Crippen molar-refractivity contribution in [1.82, 2.24) is 19.9 Å². The SMILES string of the molecule is Nc1ncc2scc(C(=O)Nc3ccc4cnccc4n3)c2n1. The second-order valence-corrected chi connectivity index (χ2v) is 5.72. The molecule has 0 bridgehead atoms. The average Bonchev–Trinajstić information content (AvgIpc) is 2.98. The lowest BCUT2D eigenvalue weighted by molar-refractivity contribution is 0.102. The van der Waals surface area contributed by atoms with Gasteiger partial charge in [0.1, 0.15) is 5.82 Å². The van der Waals surface area contributed by atoms with Gasteiger partial charge in [-0.1, -0.05) is 0 Å². The molecule has 0 saturated heterocycles. The molecule has 4 rings (SSSR count). The molecule has 4 heterocycles. The number of hydrogen-bond acceptors (Lipinski definition) is 7. The van der Waals surface area contributed by atoms with E-state index in [0.717, 1.165) is 15.6 Å². The molecule has 0 aliphatic carbocycles. The number of anilines is 2. The van der Waals surface area contributed by atoms with Crippen molar-refractivity contribution in [2.45, 2.75) is 0 Å². The van der Waals surface area contributed by atoms with Crippen LogP contribution in [0.2, 0.25) is 0 Å². The van der Waals surface area contributed by atoms with Gasteiger partial charge in [-0.15, -0.1) is 11.3 Å². The van der Waals surface area contributed by atoms with E-state index < -0.39 is 0 Å². The van der Waals surface area contributed by atoms with Gasteiger partial charge in [0.15, 0.2) is 0 Å². The second-order valence-electron chi connectivity index (χ2n) is 4.81. The molecule has 7 nitrogen and oxygen atoms in total. The van der Waals surface area contributed by atoms with E-state index in [9.17, 15) is 4.79 Å². The zero-order valence-corrected chi connectivity index (χ0v) is 12.5. The fourth-order valence-corrected chi connectivity index (χ4v) is 3.07. The van der Waals surface area contributed by atoms with E-state index >= 15 is 0 Å². The minimum Gasteiger partial charge on any atom is -0.368 e. The van der Waals surface area contributed by atoms with Crippen LogP contribution in [0.15, 0.2) is 42.2 Å². The van der Waals surface area contributed by atoms with Crippen molar-refractivity contribution in [1.29, 1.82) is 0 Å². The number of carbonyl (C=O) groups excluding carboxylic acids is 1. The maximum Gasteiger partial charge on any atom is 0.259 e. The van der Waals surface area contributed by atoms with E-state index in [0.29, 0.717) is 16.9 Å². The molecule has 23 heavy (non-hydrogen) atoms. The number of fused-ring (bicyclic) bond motifs is 2. The number of pyridine rings is 2. The van der Waals surface area contributed by atoms with Gasteiger partial charge in [0.25, 0.3) is 5.91 Å². The standard InChI is InChI=1S/C15H10N6OS/c16-15-18-6-11-13(21-15)9(7-23-11)14(22)20-12-2-1-8-5-17-4-3-10(8)19-12/h1-7H,(H2,16,18,21)(H,19,20,22). The summed E-state index contributed by atoms with van der Waals surface area (Å²) in [7, 11) is 0. The van der Waals surface area contributed by atoms with E-state index in [2.05, 4.69) is 25.3 Å². The van der Waals surface area contributed by atoms with Gasteiger partial charge in [0.2, 0.25) is 5.95 Å². The van der Waals surface area contributed by atoms with Crippen molar-refractivity contribution in [3.63, 3.8) is 0 Å². The molecule has 4 aromatic heterocycles. The summed E-state index contributed by atoms with van der Waals surface area (Å²) in [6, 6.07) is 5.38. The summed E-state index contributed by atoms with van der Waals surface area (Å²) in [4.78, 5) is 29.0. The highest BCUT2D eigenvalue weighted by Crippen LogP contribution is 2.25. The smallest absolute Gasteiger partial charge is 0.259 e. The fraction of sp³-hybridized carbons (Fsp3) is 0. The van der Waals surface area contributed by atoms with Crippen molar-refractivity contribution in [3.8, 4) is 0 Å². The highest BCUT2D eigenvalue weighted by atomic mass is 32.1. The van der Waals surface area contributed by atoms with Gasteiger partial charge >= 0.3 is 0 Å². The van der Waals surface area contributed by atoms with Gasteiger partial charge < -0.3 is 11.1 Å². The molecule has 0 aromatic carbocycles. The topological polar surface area (TPSA) is 107 Å². The first-order chi connectivity index (χ1) is 11.2. The Morgan fingerprint density at radius 3 is 3.00 bits per heavy atom.